The number of nitrogens with zero attached hydrogens (tertiary/aromatic N) is 2. The van der Waals surface area contributed by atoms with Crippen molar-refractivity contribution < 1.29 is 0 Å². The van der Waals surface area contributed by atoms with Gasteiger partial charge in [-0.15, -0.1) is 0 Å². The Morgan fingerprint density at radius 2 is 1.88 bits per heavy atom. The van der Waals surface area contributed by atoms with Gasteiger partial charge in [-0.25, -0.2) is 4.98 Å². The summed E-state index contributed by atoms with van der Waals surface area (Å²) in [5, 5.41) is 3.25. The van der Waals surface area contributed by atoms with Crippen LogP contribution in [0.25, 0.3) is 0 Å². The van der Waals surface area contributed by atoms with E-state index in [9.17, 15) is 0 Å². The molecule has 0 bridgehead atoms. The summed E-state index contributed by atoms with van der Waals surface area (Å²) in [6, 6.07) is 8.03. The number of hydrogen-bond donors (Lipinski definition) is 2. The highest BCUT2D eigenvalue weighted by Gasteiger charge is 2.03. The molecule has 0 amide bonds. The number of nitrogen functional groups attached to an aromatic ring is 1. The molecule has 0 saturated carbocycles. The summed E-state index contributed by atoms with van der Waals surface area (Å²) in [5.74, 6) is 1.03. The van der Waals surface area contributed by atoms with Crippen LogP contribution in [-0.2, 0) is 0 Å². The molecule has 1 heterocycles. The Hall–Kier alpha value is -2.10. The molecule has 0 aliphatic rings. The molecule has 0 aliphatic carbocycles. The number of rotatable bonds is 2. The molecule has 82 valence electrons. The average Bonchev–Trinajstić information content (AvgIpc) is 2.27. The Kier molecular flexibility index (Phi) is 2.72. The largest absolute Gasteiger partial charge is 0.368 e. The van der Waals surface area contributed by atoms with E-state index in [1.807, 2.05) is 38.1 Å². The lowest BCUT2D eigenvalue weighted by Gasteiger charge is -2.10. The number of nitrogens with one attached hydrogen (secondary N) is 1. The van der Waals surface area contributed by atoms with Gasteiger partial charge in [0, 0.05) is 17.4 Å². The Labute approximate surface area is 94.5 Å². The molecule has 0 fully saturated rings. The fourth-order valence-electron chi connectivity index (χ4n) is 1.42. The SMILES string of the molecule is Cc1ccccc1Nc1nc(N)ncc1C. The van der Waals surface area contributed by atoms with Crippen molar-refractivity contribution >= 4 is 17.5 Å². The second-order valence-electron chi connectivity index (χ2n) is 3.70. The average molecular weight is 214 g/mol. The van der Waals surface area contributed by atoms with Gasteiger partial charge in [0.05, 0.1) is 0 Å². The van der Waals surface area contributed by atoms with Crippen LogP contribution in [0.4, 0.5) is 17.5 Å². The van der Waals surface area contributed by atoms with E-state index >= 15 is 0 Å². The first-order valence-corrected chi connectivity index (χ1v) is 5.08. The maximum Gasteiger partial charge on any atom is 0.221 e. The number of para-hydroxylation sites is 1. The van der Waals surface area contributed by atoms with Gasteiger partial charge >= 0.3 is 0 Å². The van der Waals surface area contributed by atoms with Crippen molar-refractivity contribution in [2.24, 2.45) is 0 Å². The van der Waals surface area contributed by atoms with Crippen LogP contribution in [0, 0.1) is 13.8 Å². The highest BCUT2D eigenvalue weighted by atomic mass is 15.1. The van der Waals surface area contributed by atoms with Crippen LogP contribution >= 0.6 is 0 Å². The summed E-state index contributed by atoms with van der Waals surface area (Å²) >= 11 is 0. The molecule has 0 spiro atoms. The van der Waals surface area contributed by atoms with Crippen molar-refractivity contribution in [2.75, 3.05) is 11.1 Å². The van der Waals surface area contributed by atoms with E-state index < -0.39 is 0 Å². The van der Waals surface area contributed by atoms with Gasteiger partial charge in [-0.3, -0.25) is 0 Å². The molecule has 1 aromatic heterocycles. The number of benzene rings is 1. The van der Waals surface area contributed by atoms with E-state index in [0.717, 1.165) is 17.1 Å². The van der Waals surface area contributed by atoms with Crippen molar-refractivity contribution in [1.82, 2.24) is 9.97 Å². The zero-order valence-electron chi connectivity index (χ0n) is 9.36. The highest BCUT2D eigenvalue weighted by Crippen LogP contribution is 2.20. The standard InChI is InChI=1S/C12H14N4/c1-8-5-3-4-6-10(8)15-11-9(2)7-14-12(13)16-11/h3-7H,1-2H3,(H3,13,14,15,16). The molecule has 0 saturated heterocycles. The second-order valence-corrected chi connectivity index (χ2v) is 3.70. The summed E-state index contributed by atoms with van der Waals surface area (Å²) in [6.07, 6.45) is 1.71. The number of anilines is 3. The van der Waals surface area contributed by atoms with Crippen molar-refractivity contribution in [1.29, 1.82) is 0 Å². The molecule has 2 aromatic rings. The van der Waals surface area contributed by atoms with Gasteiger partial charge in [0.2, 0.25) is 5.95 Å². The lowest BCUT2D eigenvalue weighted by molar-refractivity contribution is 1.14. The minimum absolute atomic E-state index is 0.279. The molecule has 1 aromatic carbocycles. The zero-order valence-corrected chi connectivity index (χ0v) is 9.36. The minimum Gasteiger partial charge on any atom is -0.368 e. The monoisotopic (exact) mass is 214 g/mol. The van der Waals surface area contributed by atoms with Crippen molar-refractivity contribution in [3.05, 3.63) is 41.6 Å². The Morgan fingerprint density at radius 1 is 1.12 bits per heavy atom. The molecule has 0 atom stereocenters. The molecular formula is C12H14N4. The van der Waals surface area contributed by atoms with Gasteiger partial charge in [-0.1, -0.05) is 18.2 Å². The topological polar surface area (TPSA) is 63.8 Å². The summed E-state index contributed by atoms with van der Waals surface area (Å²) in [6.45, 7) is 3.99. The summed E-state index contributed by atoms with van der Waals surface area (Å²) < 4.78 is 0. The molecule has 16 heavy (non-hydrogen) atoms. The first-order chi connectivity index (χ1) is 7.66. The van der Waals surface area contributed by atoms with Gasteiger partial charge in [-0.2, -0.15) is 4.98 Å². The molecule has 0 unspecified atom stereocenters. The Balaban J connectivity index is 2.34. The predicted octanol–water partition coefficient (Wildman–Crippen LogP) is 2.42. The predicted molar refractivity (Wildman–Crippen MR) is 65.6 cm³/mol. The van der Waals surface area contributed by atoms with Gasteiger partial charge in [-0.05, 0) is 25.5 Å². The van der Waals surface area contributed by atoms with Crippen LogP contribution in [0.5, 0.6) is 0 Å². The molecule has 3 N–H and O–H groups in total. The lowest BCUT2D eigenvalue weighted by atomic mass is 10.2. The van der Waals surface area contributed by atoms with Crippen LogP contribution in [0.1, 0.15) is 11.1 Å². The first-order valence-electron chi connectivity index (χ1n) is 5.08. The Bertz CT molecular complexity index is 508. The summed E-state index contributed by atoms with van der Waals surface area (Å²) in [4.78, 5) is 8.09. The molecular weight excluding hydrogens is 200 g/mol. The zero-order chi connectivity index (χ0) is 11.5. The molecule has 0 radical (unpaired) electrons. The van der Waals surface area contributed by atoms with Crippen LogP contribution in [0.3, 0.4) is 0 Å². The van der Waals surface area contributed by atoms with Gasteiger partial charge in [0.1, 0.15) is 5.82 Å². The number of aryl methyl sites for hydroxylation is 2. The van der Waals surface area contributed by atoms with E-state index in [0.29, 0.717) is 0 Å². The van der Waals surface area contributed by atoms with Gasteiger partial charge in [0.15, 0.2) is 0 Å². The van der Waals surface area contributed by atoms with Crippen LogP contribution < -0.4 is 11.1 Å². The fraction of sp³-hybridized carbons (Fsp3) is 0.167. The van der Waals surface area contributed by atoms with Crippen LogP contribution in [0.15, 0.2) is 30.5 Å². The fourth-order valence-corrected chi connectivity index (χ4v) is 1.42. The summed E-state index contributed by atoms with van der Waals surface area (Å²) in [7, 11) is 0. The van der Waals surface area contributed by atoms with Crippen LogP contribution in [0.2, 0.25) is 0 Å². The Morgan fingerprint density at radius 3 is 2.62 bits per heavy atom. The highest BCUT2D eigenvalue weighted by molar-refractivity contribution is 5.62. The quantitative estimate of drug-likeness (QED) is 0.805. The maximum absolute atomic E-state index is 5.56. The molecule has 0 aliphatic heterocycles. The van der Waals surface area contributed by atoms with Crippen molar-refractivity contribution in [2.45, 2.75) is 13.8 Å². The van der Waals surface area contributed by atoms with E-state index in [-0.39, 0.29) is 5.95 Å². The molecule has 4 heteroatoms. The first kappa shape index (κ1) is 10.4. The van der Waals surface area contributed by atoms with Crippen molar-refractivity contribution in [3.8, 4) is 0 Å². The van der Waals surface area contributed by atoms with E-state index in [1.54, 1.807) is 6.20 Å². The number of hydrogen-bond acceptors (Lipinski definition) is 4. The third kappa shape index (κ3) is 2.11. The van der Waals surface area contributed by atoms with Crippen LogP contribution in [-0.4, -0.2) is 9.97 Å². The molecule has 2 rings (SSSR count). The maximum atomic E-state index is 5.56. The van der Waals surface area contributed by atoms with E-state index in [4.69, 9.17) is 5.73 Å². The third-order valence-corrected chi connectivity index (χ3v) is 2.39. The summed E-state index contributed by atoms with van der Waals surface area (Å²) in [5.41, 5.74) is 8.72. The number of aromatic nitrogens is 2. The third-order valence-electron chi connectivity index (χ3n) is 2.39. The van der Waals surface area contributed by atoms with E-state index in [2.05, 4.69) is 15.3 Å². The lowest BCUT2D eigenvalue weighted by Crippen LogP contribution is -2.02. The van der Waals surface area contributed by atoms with Gasteiger partial charge in [0.25, 0.3) is 0 Å². The smallest absolute Gasteiger partial charge is 0.221 e. The van der Waals surface area contributed by atoms with Gasteiger partial charge < -0.3 is 11.1 Å². The van der Waals surface area contributed by atoms with Crippen molar-refractivity contribution in [3.63, 3.8) is 0 Å². The molecule has 4 nitrogen and oxygen atoms in total. The van der Waals surface area contributed by atoms with E-state index in [1.165, 1.54) is 5.56 Å². The normalized spacial score (nSPS) is 10.1. The number of nitrogens with two attached hydrogens (primary N) is 1. The second kappa shape index (κ2) is 4.18. The minimum atomic E-state index is 0.279.